The van der Waals surface area contributed by atoms with E-state index >= 15 is 0 Å². The zero-order chi connectivity index (χ0) is 17.2. The molecule has 0 atom stereocenters. The van der Waals surface area contributed by atoms with Crippen molar-refractivity contribution in [3.63, 3.8) is 0 Å². The molecule has 0 saturated heterocycles. The molecule has 0 amide bonds. The lowest BCUT2D eigenvalue weighted by Crippen LogP contribution is -2.26. The lowest BCUT2D eigenvalue weighted by Gasteiger charge is -2.19. The quantitative estimate of drug-likeness (QED) is 0.804. The Kier molecular flexibility index (Phi) is 4.36. The van der Waals surface area contributed by atoms with E-state index in [1.165, 1.54) is 11.8 Å². The molecule has 7 heteroatoms. The molecule has 0 bridgehead atoms. The summed E-state index contributed by atoms with van der Waals surface area (Å²) in [5.41, 5.74) is 0.375. The summed E-state index contributed by atoms with van der Waals surface area (Å²) in [4.78, 5) is 23.6. The first kappa shape index (κ1) is 16.5. The maximum Gasteiger partial charge on any atom is 0.337 e. The van der Waals surface area contributed by atoms with Gasteiger partial charge in [-0.25, -0.2) is 4.79 Å². The molecule has 23 heavy (non-hydrogen) atoms. The Hall–Kier alpha value is -2.88. The monoisotopic (exact) mass is 315 g/mol. The summed E-state index contributed by atoms with van der Waals surface area (Å²) in [6, 6.07) is 6.68. The van der Waals surface area contributed by atoms with E-state index in [4.69, 9.17) is 10.00 Å². The highest BCUT2D eigenvalue weighted by Crippen LogP contribution is 2.21. The van der Waals surface area contributed by atoms with Crippen molar-refractivity contribution >= 4 is 22.8 Å². The van der Waals surface area contributed by atoms with Gasteiger partial charge in [-0.15, -0.1) is 0 Å². The third-order valence-corrected chi connectivity index (χ3v) is 2.98. The topological polar surface area (TPSA) is 94.2 Å². The van der Waals surface area contributed by atoms with E-state index in [-0.39, 0.29) is 12.2 Å². The number of nitrogens with zero attached hydrogens (tertiary/aromatic N) is 3. The molecule has 0 N–H and O–H groups in total. The number of hydrogen-bond donors (Lipinski definition) is 0. The Morgan fingerprint density at radius 2 is 2.04 bits per heavy atom. The van der Waals surface area contributed by atoms with Gasteiger partial charge in [0.25, 0.3) is 0 Å². The second-order valence-electron chi connectivity index (χ2n) is 5.93. The van der Waals surface area contributed by atoms with Crippen LogP contribution in [0.3, 0.4) is 0 Å². The molecule has 2 aromatic rings. The van der Waals surface area contributed by atoms with Gasteiger partial charge in [-0.3, -0.25) is 9.48 Å². The molecule has 1 heterocycles. The van der Waals surface area contributed by atoms with Crippen molar-refractivity contribution in [2.24, 2.45) is 0 Å². The fraction of sp³-hybridized carbons (Fsp3) is 0.375. The van der Waals surface area contributed by atoms with Crippen LogP contribution >= 0.6 is 0 Å². The van der Waals surface area contributed by atoms with Gasteiger partial charge in [0.05, 0.1) is 18.2 Å². The average Bonchev–Trinajstić information content (AvgIpc) is 2.81. The van der Waals surface area contributed by atoms with Crippen LogP contribution in [0.2, 0.25) is 0 Å². The Balaban J connectivity index is 2.44. The largest absolute Gasteiger partial charge is 0.465 e. The summed E-state index contributed by atoms with van der Waals surface area (Å²) in [5, 5.41) is 13.8. The minimum Gasteiger partial charge on any atom is -0.465 e. The highest BCUT2D eigenvalue weighted by Gasteiger charge is 2.20. The number of esters is 2. The van der Waals surface area contributed by atoms with Gasteiger partial charge in [0.2, 0.25) is 0 Å². The van der Waals surface area contributed by atoms with Crippen molar-refractivity contribution in [2.45, 2.75) is 32.9 Å². The van der Waals surface area contributed by atoms with Crippen LogP contribution in [-0.2, 0) is 20.8 Å². The number of methoxy groups -OCH3 is 1. The van der Waals surface area contributed by atoms with Crippen molar-refractivity contribution in [2.75, 3.05) is 7.11 Å². The molecule has 1 aromatic carbocycles. The van der Waals surface area contributed by atoms with Crippen molar-refractivity contribution in [1.82, 2.24) is 9.78 Å². The van der Waals surface area contributed by atoms with Crippen LogP contribution in [0.1, 0.15) is 36.8 Å². The fourth-order valence-corrected chi connectivity index (χ4v) is 2.12. The molecule has 0 aliphatic carbocycles. The second-order valence-corrected chi connectivity index (χ2v) is 5.93. The first-order valence-corrected chi connectivity index (χ1v) is 6.96. The summed E-state index contributed by atoms with van der Waals surface area (Å²) in [7, 11) is 1.28. The number of rotatable bonds is 3. The van der Waals surface area contributed by atoms with Crippen LogP contribution in [0.25, 0.3) is 10.9 Å². The Morgan fingerprint density at radius 3 is 2.61 bits per heavy atom. The van der Waals surface area contributed by atoms with Gasteiger partial charge in [0, 0.05) is 5.39 Å². The summed E-state index contributed by atoms with van der Waals surface area (Å²) in [5.74, 6) is -0.981. The number of carbonyl (C=O) groups is 2. The van der Waals surface area contributed by atoms with Crippen LogP contribution in [0.4, 0.5) is 0 Å². The summed E-state index contributed by atoms with van der Waals surface area (Å²) in [6.45, 7) is 5.15. The van der Waals surface area contributed by atoms with Crippen molar-refractivity contribution in [3.05, 3.63) is 29.5 Å². The summed E-state index contributed by atoms with van der Waals surface area (Å²) in [6.07, 6.45) is 0. The Morgan fingerprint density at radius 1 is 1.35 bits per heavy atom. The van der Waals surface area contributed by atoms with E-state index in [1.54, 1.807) is 39.0 Å². The van der Waals surface area contributed by atoms with Crippen LogP contribution in [0, 0.1) is 11.3 Å². The molecule has 0 aliphatic rings. The van der Waals surface area contributed by atoms with Crippen LogP contribution in [0.5, 0.6) is 0 Å². The molecular weight excluding hydrogens is 298 g/mol. The molecule has 0 unspecified atom stereocenters. The van der Waals surface area contributed by atoms with Gasteiger partial charge in [-0.05, 0) is 39.0 Å². The van der Waals surface area contributed by atoms with Crippen LogP contribution in [0.15, 0.2) is 18.2 Å². The van der Waals surface area contributed by atoms with Gasteiger partial charge >= 0.3 is 11.9 Å². The van der Waals surface area contributed by atoms with Gasteiger partial charge in [-0.2, -0.15) is 10.4 Å². The van der Waals surface area contributed by atoms with E-state index in [0.717, 1.165) is 0 Å². The number of hydrogen-bond acceptors (Lipinski definition) is 6. The Labute approximate surface area is 133 Å². The molecule has 0 fully saturated rings. The van der Waals surface area contributed by atoms with E-state index in [2.05, 4.69) is 9.84 Å². The minimum absolute atomic E-state index is 0.153. The lowest BCUT2D eigenvalue weighted by atomic mass is 10.1. The summed E-state index contributed by atoms with van der Waals surface area (Å²) >= 11 is 0. The van der Waals surface area contributed by atoms with Gasteiger partial charge in [0.1, 0.15) is 18.2 Å². The Bertz CT molecular complexity index is 809. The molecule has 1 aromatic heterocycles. The second kappa shape index (κ2) is 6.08. The number of fused-ring (bicyclic) bond motifs is 1. The maximum absolute atomic E-state index is 12.0. The molecule has 0 radical (unpaired) electrons. The molecule has 2 rings (SSSR count). The predicted octanol–water partition coefficient (Wildman–Crippen LogP) is 2.04. The smallest absolute Gasteiger partial charge is 0.337 e. The van der Waals surface area contributed by atoms with Crippen molar-refractivity contribution in [1.29, 1.82) is 5.26 Å². The van der Waals surface area contributed by atoms with E-state index in [9.17, 15) is 9.59 Å². The molecule has 0 spiro atoms. The SMILES string of the molecule is COC(=O)c1ccc2c(C#N)nn(CC(=O)OC(C)(C)C)c2c1. The minimum atomic E-state index is -0.616. The molecule has 120 valence electrons. The highest BCUT2D eigenvalue weighted by molar-refractivity contribution is 5.95. The number of ether oxygens (including phenoxy) is 2. The van der Waals surface area contributed by atoms with Crippen LogP contribution in [-0.4, -0.2) is 34.4 Å². The van der Waals surface area contributed by atoms with E-state index < -0.39 is 17.5 Å². The standard InChI is InChI=1S/C16H17N3O4/c1-16(2,3)23-14(20)9-19-13-7-10(15(21)22-4)5-6-11(13)12(8-17)18-19/h5-7H,9H2,1-4H3. The number of nitriles is 1. The van der Waals surface area contributed by atoms with Crippen LogP contribution < -0.4 is 0 Å². The van der Waals surface area contributed by atoms with E-state index in [1.807, 2.05) is 6.07 Å². The third kappa shape index (κ3) is 3.66. The van der Waals surface area contributed by atoms with Gasteiger partial charge in [-0.1, -0.05) is 0 Å². The third-order valence-electron chi connectivity index (χ3n) is 2.98. The maximum atomic E-state index is 12.0. The number of carbonyl (C=O) groups excluding carboxylic acids is 2. The lowest BCUT2D eigenvalue weighted by molar-refractivity contribution is -0.155. The molecule has 0 aliphatic heterocycles. The average molecular weight is 315 g/mol. The zero-order valence-corrected chi connectivity index (χ0v) is 13.4. The van der Waals surface area contributed by atoms with Gasteiger partial charge < -0.3 is 9.47 Å². The summed E-state index contributed by atoms with van der Waals surface area (Å²) < 4.78 is 11.3. The molecule has 0 saturated carbocycles. The number of aromatic nitrogens is 2. The zero-order valence-electron chi connectivity index (χ0n) is 13.4. The first-order chi connectivity index (χ1) is 10.7. The molecule has 7 nitrogen and oxygen atoms in total. The normalized spacial score (nSPS) is 11.1. The predicted molar refractivity (Wildman–Crippen MR) is 81.6 cm³/mol. The first-order valence-electron chi connectivity index (χ1n) is 6.96. The molecular formula is C16H17N3O4. The highest BCUT2D eigenvalue weighted by atomic mass is 16.6. The fourth-order valence-electron chi connectivity index (χ4n) is 2.12. The van der Waals surface area contributed by atoms with E-state index in [0.29, 0.717) is 16.5 Å². The number of benzene rings is 1. The van der Waals surface area contributed by atoms with Crippen molar-refractivity contribution < 1.29 is 19.1 Å². The van der Waals surface area contributed by atoms with Crippen molar-refractivity contribution in [3.8, 4) is 6.07 Å². The van der Waals surface area contributed by atoms with Gasteiger partial charge in [0.15, 0.2) is 5.69 Å².